The largest absolute Gasteiger partial charge is 0.447 e. The fraction of sp³-hybridized carbons (Fsp3) is 0.714. The number of imidazole rings is 1. The maximum atomic E-state index is 12.0. The Balaban J connectivity index is 2.03. The summed E-state index contributed by atoms with van der Waals surface area (Å²) in [6.45, 7) is 8.28. The average molecular weight is 265 g/mol. The maximum absolute atomic E-state index is 12.0. The summed E-state index contributed by atoms with van der Waals surface area (Å²) in [5.41, 5.74) is 0. The van der Waals surface area contributed by atoms with Crippen molar-refractivity contribution < 1.29 is 9.53 Å². The van der Waals surface area contributed by atoms with Crippen LogP contribution >= 0.6 is 0 Å². The summed E-state index contributed by atoms with van der Waals surface area (Å²) in [5.74, 6) is 1.41. The zero-order chi connectivity index (χ0) is 13.8. The molecule has 1 aromatic rings. The molecule has 1 aromatic heterocycles. The molecule has 2 rings (SSSR count). The Kier molecular flexibility index (Phi) is 4.45. The first-order valence-electron chi connectivity index (χ1n) is 7.08. The van der Waals surface area contributed by atoms with Crippen molar-refractivity contribution in [2.45, 2.75) is 52.2 Å². The monoisotopic (exact) mass is 265 g/mol. The van der Waals surface area contributed by atoms with Crippen molar-refractivity contribution in [2.24, 2.45) is 0 Å². The van der Waals surface area contributed by atoms with E-state index in [0.717, 1.165) is 31.8 Å². The summed E-state index contributed by atoms with van der Waals surface area (Å²) in [7, 11) is 0. The standard InChI is InChI=1S/C14H23N3O2/c1-4-16-9-7-15-13(16)12-6-5-8-17(10-12)14(18)19-11(2)3/h7,9,11-12H,4-6,8,10H2,1-3H3. The molecule has 1 fully saturated rings. The lowest BCUT2D eigenvalue weighted by molar-refractivity contribution is 0.0675. The molecular formula is C14H23N3O2. The molecule has 5 nitrogen and oxygen atoms in total. The van der Waals surface area contributed by atoms with Gasteiger partial charge >= 0.3 is 6.09 Å². The van der Waals surface area contributed by atoms with E-state index in [4.69, 9.17) is 4.74 Å². The third-order valence-electron chi connectivity index (χ3n) is 3.47. The van der Waals surface area contributed by atoms with Crippen LogP contribution in [0.2, 0.25) is 0 Å². The van der Waals surface area contributed by atoms with Crippen LogP contribution in [0.4, 0.5) is 4.79 Å². The smallest absolute Gasteiger partial charge is 0.410 e. The van der Waals surface area contributed by atoms with Crippen molar-refractivity contribution in [3.8, 4) is 0 Å². The summed E-state index contributed by atoms with van der Waals surface area (Å²) in [6, 6.07) is 0. The Hall–Kier alpha value is -1.52. The first-order chi connectivity index (χ1) is 9.11. The second-order valence-electron chi connectivity index (χ2n) is 5.29. The first kappa shape index (κ1) is 13.9. The molecule has 5 heteroatoms. The van der Waals surface area contributed by atoms with E-state index in [-0.39, 0.29) is 12.2 Å². The van der Waals surface area contributed by atoms with Crippen LogP contribution in [0.1, 0.15) is 45.4 Å². The van der Waals surface area contributed by atoms with Crippen molar-refractivity contribution >= 4 is 6.09 Å². The number of rotatable bonds is 3. The normalized spacial score (nSPS) is 19.8. The number of ether oxygens (including phenoxy) is 1. The Morgan fingerprint density at radius 2 is 2.37 bits per heavy atom. The molecule has 1 atom stereocenters. The van der Waals surface area contributed by atoms with Gasteiger partial charge in [-0.25, -0.2) is 9.78 Å². The van der Waals surface area contributed by atoms with E-state index in [9.17, 15) is 4.79 Å². The Morgan fingerprint density at radius 3 is 3.05 bits per heavy atom. The van der Waals surface area contributed by atoms with Crippen LogP contribution in [0.25, 0.3) is 0 Å². The van der Waals surface area contributed by atoms with Gasteiger partial charge in [0.25, 0.3) is 0 Å². The number of aromatic nitrogens is 2. The van der Waals surface area contributed by atoms with E-state index >= 15 is 0 Å². The second kappa shape index (κ2) is 6.08. The lowest BCUT2D eigenvalue weighted by atomic mass is 9.97. The van der Waals surface area contributed by atoms with Gasteiger partial charge < -0.3 is 14.2 Å². The molecule has 0 bridgehead atoms. The van der Waals surface area contributed by atoms with Crippen molar-refractivity contribution in [1.82, 2.24) is 14.5 Å². The van der Waals surface area contributed by atoms with E-state index in [0.29, 0.717) is 12.5 Å². The van der Waals surface area contributed by atoms with Gasteiger partial charge in [-0.1, -0.05) is 0 Å². The molecule has 0 saturated carbocycles. The zero-order valence-corrected chi connectivity index (χ0v) is 12.0. The number of amides is 1. The third-order valence-corrected chi connectivity index (χ3v) is 3.47. The van der Waals surface area contributed by atoms with Gasteiger partial charge in [-0.3, -0.25) is 0 Å². The molecule has 106 valence electrons. The van der Waals surface area contributed by atoms with Crippen LogP contribution in [0.5, 0.6) is 0 Å². The molecule has 0 spiro atoms. The molecule has 19 heavy (non-hydrogen) atoms. The summed E-state index contributed by atoms with van der Waals surface area (Å²) in [6.07, 6.45) is 5.67. The van der Waals surface area contributed by atoms with Gasteiger partial charge in [-0.2, -0.15) is 0 Å². The highest BCUT2D eigenvalue weighted by Gasteiger charge is 2.28. The molecule has 1 saturated heterocycles. The van der Waals surface area contributed by atoms with Crippen LogP contribution in [0.15, 0.2) is 12.4 Å². The number of likely N-dealkylation sites (tertiary alicyclic amines) is 1. The number of carbonyl (C=O) groups is 1. The molecule has 0 aliphatic carbocycles. The molecule has 0 aromatic carbocycles. The molecule has 1 unspecified atom stereocenters. The predicted molar refractivity (Wildman–Crippen MR) is 73.1 cm³/mol. The molecule has 2 heterocycles. The topological polar surface area (TPSA) is 47.4 Å². The summed E-state index contributed by atoms with van der Waals surface area (Å²) >= 11 is 0. The van der Waals surface area contributed by atoms with Crippen LogP contribution < -0.4 is 0 Å². The van der Waals surface area contributed by atoms with Gasteiger partial charge in [-0.05, 0) is 33.6 Å². The van der Waals surface area contributed by atoms with Crippen LogP contribution in [-0.4, -0.2) is 39.7 Å². The van der Waals surface area contributed by atoms with Crippen LogP contribution in [0.3, 0.4) is 0 Å². The molecular weight excluding hydrogens is 242 g/mol. The number of carbonyl (C=O) groups excluding carboxylic acids is 1. The number of aryl methyl sites for hydroxylation is 1. The van der Waals surface area contributed by atoms with Crippen LogP contribution in [0, 0.1) is 0 Å². The highest BCUT2D eigenvalue weighted by molar-refractivity contribution is 5.68. The lowest BCUT2D eigenvalue weighted by Gasteiger charge is -2.32. The summed E-state index contributed by atoms with van der Waals surface area (Å²) in [5, 5.41) is 0. The predicted octanol–water partition coefficient (Wildman–Crippen LogP) is 2.63. The minimum Gasteiger partial charge on any atom is -0.447 e. The quantitative estimate of drug-likeness (QED) is 0.844. The molecule has 1 amide bonds. The van der Waals surface area contributed by atoms with Gasteiger partial charge in [0.05, 0.1) is 6.10 Å². The fourth-order valence-electron chi connectivity index (χ4n) is 2.58. The lowest BCUT2D eigenvalue weighted by Crippen LogP contribution is -2.40. The molecule has 1 aliphatic heterocycles. The van der Waals surface area contributed by atoms with Gasteiger partial charge in [0.1, 0.15) is 5.82 Å². The molecule has 0 N–H and O–H groups in total. The number of piperidine rings is 1. The van der Waals surface area contributed by atoms with E-state index in [1.165, 1.54) is 0 Å². The second-order valence-corrected chi connectivity index (χ2v) is 5.29. The SMILES string of the molecule is CCn1ccnc1C1CCCN(C(=O)OC(C)C)C1. The third kappa shape index (κ3) is 3.28. The van der Waals surface area contributed by atoms with E-state index < -0.39 is 0 Å². The van der Waals surface area contributed by atoms with Gasteiger partial charge in [0.2, 0.25) is 0 Å². The van der Waals surface area contributed by atoms with Crippen LogP contribution in [-0.2, 0) is 11.3 Å². The average Bonchev–Trinajstić information content (AvgIpc) is 2.86. The minimum atomic E-state index is -0.200. The van der Waals surface area contributed by atoms with Gasteiger partial charge in [0.15, 0.2) is 0 Å². The Morgan fingerprint density at radius 1 is 1.58 bits per heavy atom. The van der Waals surface area contributed by atoms with E-state index in [1.54, 1.807) is 0 Å². The number of nitrogens with zero attached hydrogens (tertiary/aromatic N) is 3. The number of hydrogen-bond acceptors (Lipinski definition) is 3. The van der Waals surface area contributed by atoms with Gasteiger partial charge in [0, 0.05) is 37.9 Å². The van der Waals surface area contributed by atoms with Crippen molar-refractivity contribution in [3.63, 3.8) is 0 Å². The maximum Gasteiger partial charge on any atom is 0.410 e. The summed E-state index contributed by atoms with van der Waals surface area (Å²) < 4.78 is 7.43. The zero-order valence-electron chi connectivity index (χ0n) is 12.0. The van der Waals surface area contributed by atoms with E-state index in [2.05, 4.69) is 16.5 Å². The minimum absolute atomic E-state index is 0.0643. The number of hydrogen-bond donors (Lipinski definition) is 0. The summed E-state index contributed by atoms with van der Waals surface area (Å²) in [4.78, 5) is 18.2. The van der Waals surface area contributed by atoms with Gasteiger partial charge in [-0.15, -0.1) is 0 Å². The fourth-order valence-corrected chi connectivity index (χ4v) is 2.58. The van der Waals surface area contributed by atoms with Crippen molar-refractivity contribution in [1.29, 1.82) is 0 Å². The highest BCUT2D eigenvalue weighted by atomic mass is 16.6. The Labute approximate surface area is 114 Å². The highest BCUT2D eigenvalue weighted by Crippen LogP contribution is 2.26. The molecule has 0 radical (unpaired) electrons. The van der Waals surface area contributed by atoms with Crippen molar-refractivity contribution in [3.05, 3.63) is 18.2 Å². The molecule has 1 aliphatic rings. The van der Waals surface area contributed by atoms with Crippen molar-refractivity contribution in [2.75, 3.05) is 13.1 Å². The van der Waals surface area contributed by atoms with E-state index in [1.807, 2.05) is 31.1 Å². The Bertz CT molecular complexity index is 428. The first-order valence-corrected chi connectivity index (χ1v) is 7.08.